The Balaban J connectivity index is 0.00000240. The van der Waals surface area contributed by atoms with Crippen molar-refractivity contribution in [2.75, 3.05) is 13.1 Å². The Hall–Kier alpha value is -2.37. The van der Waals surface area contributed by atoms with E-state index in [4.69, 9.17) is 4.74 Å². The molecule has 1 unspecified atom stereocenters. The monoisotopic (exact) mass is 472 g/mol. The maximum atomic E-state index is 12.9. The van der Waals surface area contributed by atoms with Crippen LogP contribution in [0.25, 0.3) is 0 Å². The summed E-state index contributed by atoms with van der Waals surface area (Å²) in [5.74, 6) is 1.69. The third-order valence-electron chi connectivity index (χ3n) is 4.89. The highest BCUT2D eigenvalue weighted by Crippen LogP contribution is 2.22. The number of carbonyl (C=O) groups excluding carboxylic acids is 1. The Labute approximate surface area is 185 Å². The molecule has 4 rings (SSSR count). The summed E-state index contributed by atoms with van der Waals surface area (Å²) in [6, 6.07) is 15.4. The molecule has 2 aliphatic rings. The zero-order valence-electron chi connectivity index (χ0n) is 16.0. The molecule has 0 saturated heterocycles. The summed E-state index contributed by atoms with van der Waals surface area (Å²) in [7, 11) is 0. The number of benzene rings is 2. The van der Waals surface area contributed by atoms with Crippen molar-refractivity contribution in [3.63, 3.8) is 0 Å². The van der Waals surface area contributed by atoms with Crippen molar-refractivity contribution in [2.45, 2.75) is 13.5 Å². The molecule has 0 amide bonds. The number of rotatable bonds is 5. The molecule has 6 heteroatoms. The summed E-state index contributed by atoms with van der Waals surface area (Å²) in [5, 5.41) is 0. The smallest absolute Gasteiger partial charge is 0.169 e. The fourth-order valence-electron chi connectivity index (χ4n) is 3.27. The first-order chi connectivity index (χ1) is 13.6. The van der Waals surface area contributed by atoms with Crippen LogP contribution < -0.4 is 4.74 Å². The van der Waals surface area contributed by atoms with Crippen molar-refractivity contribution in [2.24, 2.45) is 10.9 Å². The molecular formula is C23H22BrClN2O2. The number of aliphatic imine (C=N–C) groups is 1. The van der Waals surface area contributed by atoms with E-state index < -0.39 is 0 Å². The average Bonchev–Trinajstić information content (AvgIpc) is 2.73. The van der Waals surface area contributed by atoms with Crippen molar-refractivity contribution < 1.29 is 9.53 Å². The summed E-state index contributed by atoms with van der Waals surface area (Å²) in [5.41, 5.74) is 2.98. The van der Waals surface area contributed by atoms with Crippen LogP contribution in [0.1, 0.15) is 22.8 Å². The van der Waals surface area contributed by atoms with Crippen LogP contribution in [-0.4, -0.2) is 29.6 Å². The molecule has 4 nitrogen and oxygen atoms in total. The lowest BCUT2D eigenvalue weighted by Crippen LogP contribution is -2.40. The van der Waals surface area contributed by atoms with Crippen LogP contribution in [0.3, 0.4) is 0 Å². The van der Waals surface area contributed by atoms with E-state index in [1.165, 1.54) is 5.57 Å². The zero-order valence-corrected chi connectivity index (χ0v) is 18.4. The van der Waals surface area contributed by atoms with E-state index in [9.17, 15) is 4.79 Å². The second-order valence-corrected chi connectivity index (χ2v) is 7.97. The number of hydrogen-bond acceptors (Lipinski definition) is 4. The fourth-order valence-corrected chi connectivity index (χ4v) is 3.54. The minimum absolute atomic E-state index is 0. The maximum absolute atomic E-state index is 12.9. The molecule has 0 radical (unpaired) electrons. The Kier molecular flexibility index (Phi) is 6.93. The number of allylic oxidation sites excluding steroid dienone is 2. The van der Waals surface area contributed by atoms with E-state index in [0.717, 1.165) is 21.6 Å². The Morgan fingerprint density at radius 2 is 1.90 bits per heavy atom. The normalized spacial score (nSPS) is 17.6. The van der Waals surface area contributed by atoms with E-state index >= 15 is 0 Å². The number of Topliss-reactive ketones (excluding diaryl/α,β-unsaturated/α-hetero) is 1. The predicted octanol–water partition coefficient (Wildman–Crippen LogP) is 5.44. The topological polar surface area (TPSA) is 41.9 Å². The van der Waals surface area contributed by atoms with Gasteiger partial charge in [0.1, 0.15) is 18.2 Å². The molecule has 2 aliphatic heterocycles. The first-order valence-electron chi connectivity index (χ1n) is 9.27. The number of ether oxygens (including phenoxy) is 1. The molecule has 0 aromatic heterocycles. The molecule has 2 aromatic carbocycles. The molecule has 0 bridgehead atoms. The molecule has 0 aliphatic carbocycles. The van der Waals surface area contributed by atoms with Gasteiger partial charge in [0.05, 0.1) is 12.5 Å². The summed E-state index contributed by atoms with van der Waals surface area (Å²) < 4.78 is 6.87. The van der Waals surface area contributed by atoms with Crippen LogP contribution in [0, 0.1) is 5.92 Å². The van der Waals surface area contributed by atoms with Crippen LogP contribution >= 0.6 is 28.3 Å². The summed E-state index contributed by atoms with van der Waals surface area (Å²) in [6.07, 6.45) is 6.11. The first kappa shape index (κ1) is 21.3. The van der Waals surface area contributed by atoms with Crippen molar-refractivity contribution in [1.29, 1.82) is 0 Å². The van der Waals surface area contributed by atoms with Crippen LogP contribution in [0.5, 0.6) is 5.75 Å². The number of halogens is 2. The van der Waals surface area contributed by atoms with Gasteiger partial charge >= 0.3 is 0 Å². The standard InChI is InChI=1S/C23H21BrN2O2.ClH/c1-16-10-11-26-14-19(13-25-22(26)12-16)23(27)18-4-8-21(9-5-18)28-15-17-2-6-20(24)7-3-17;/h2-12,19H,13-15H2,1H3;1H. The SMILES string of the molecule is CC1=CC2=NCC(C(=O)c3ccc(OCc4ccc(Br)cc4)cc3)CN2C=C1.Cl. The molecule has 2 heterocycles. The maximum Gasteiger partial charge on any atom is 0.169 e. The zero-order chi connectivity index (χ0) is 19.5. The lowest BCUT2D eigenvalue weighted by atomic mass is 9.95. The highest BCUT2D eigenvalue weighted by molar-refractivity contribution is 9.10. The van der Waals surface area contributed by atoms with E-state index in [1.807, 2.05) is 67.7 Å². The van der Waals surface area contributed by atoms with Gasteiger partial charge in [0.25, 0.3) is 0 Å². The van der Waals surface area contributed by atoms with Gasteiger partial charge in [0, 0.05) is 22.8 Å². The molecular weight excluding hydrogens is 452 g/mol. The number of carbonyl (C=O) groups is 1. The minimum Gasteiger partial charge on any atom is -0.489 e. The minimum atomic E-state index is -0.130. The van der Waals surface area contributed by atoms with Crippen LogP contribution in [0.4, 0.5) is 0 Å². The van der Waals surface area contributed by atoms with Crippen molar-refractivity contribution in [3.05, 3.63) is 88.1 Å². The third kappa shape index (κ3) is 5.17. The van der Waals surface area contributed by atoms with E-state index in [2.05, 4.69) is 31.9 Å². The van der Waals surface area contributed by atoms with Crippen molar-refractivity contribution in [3.8, 4) is 5.75 Å². The van der Waals surface area contributed by atoms with E-state index in [-0.39, 0.29) is 24.1 Å². The molecule has 0 saturated carbocycles. The summed E-state index contributed by atoms with van der Waals surface area (Å²) in [6.45, 7) is 3.74. The number of hydrogen-bond donors (Lipinski definition) is 0. The van der Waals surface area contributed by atoms with Gasteiger partial charge in [-0.1, -0.05) is 28.1 Å². The van der Waals surface area contributed by atoms with Gasteiger partial charge in [-0.25, -0.2) is 0 Å². The van der Waals surface area contributed by atoms with Gasteiger partial charge in [-0.2, -0.15) is 0 Å². The fraction of sp³-hybridized carbons (Fsp3) is 0.217. The van der Waals surface area contributed by atoms with E-state index in [1.54, 1.807) is 0 Å². The quantitative estimate of drug-likeness (QED) is 0.543. The van der Waals surface area contributed by atoms with Gasteiger partial charge in [0.15, 0.2) is 5.78 Å². The van der Waals surface area contributed by atoms with Gasteiger partial charge in [-0.05, 0) is 66.6 Å². The van der Waals surface area contributed by atoms with Crippen LogP contribution in [-0.2, 0) is 6.61 Å². The molecule has 1 atom stereocenters. The Bertz CT molecular complexity index is 965. The molecule has 0 N–H and O–H groups in total. The van der Waals surface area contributed by atoms with Gasteiger partial charge in [-0.3, -0.25) is 9.79 Å². The molecule has 0 spiro atoms. The van der Waals surface area contributed by atoms with Crippen molar-refractivity contribution >= 4 is 40.0 Å². The average molecular weight is 474 g/mol. The largest absolute Gasteiger partial charge is 0.489 e. The Morgan fingerprint density at radius 3 is 2.62 bits per heavy atom. The molecule has 29 heavy (non-hydrogen) atoms. The Morgan fingerprint density at radius 1 is 1.17 bits per heavy atom. The van der Waals surface area contributed by atoms with Gasteiger partial charge in [-0.15, -0.1) is 12.4 Å². The number of ketones is 1. The lowest BCUT2D eigenvalue weighted by molar-refractivity contribution is 0.0909. The number of amidine groups is 1. The van der Waals surface area contributed by atoms with Crippen LogP contribution in [0.15, 0.2) is 81.9 Å². The van der Waals surface area contributed by atoms with Crippen LogP contribution in [0.2, 0.25) is 0 Å². The van der Waals surface area contributed by atoms with Crippen molar-refractivity contribution in [1.82, 2.24) is 4.90 Å². The van der Waals surface area contributed by atoms with Gasteiger partial charge in [0.2, 0.25) is 0 Å². The summed E-state index contributed by atoms with van der Waals surface area (Å²) >= 11 is 3.43. The number of fused-ring (bicyclic) bond motifs is 1. The highest BCUT2D eigenvalue weighted by Gasteiger charge is 2.27. The molecule has 150 valence electrons. The number of nitrogens with zero attached hydrogens (tertiary/aromatic N) is 2. The molecule has 2 aromatic rings. The van der Waals surface area contributed by atoms with E-state index in [0.29, 0.717) is 25.3 Å². The van der Waals surface area contributed by atoms with Gasteiger partial charge < -0.3 is 9.64 Å². The third-order valence-corrected chi connectivity index (χ3v) is 5.42. The lowest BCUT2D eigenvalue weighted by Gasteiger charge is -2.31. The second-order valence-electron chi connectivity index (χ2n) is 7.06. The highest BCUT2D eigenvalue weighted by atomic mass is 79.9. The second kappa shape index (κ2) is 9.42. The summed E-state index contributed by atoms with van der Waals surface area (Å²) in [4.78, 5) is 19.5. The first-order valence-corrected chi connectivity index (χ1v) is 10.1. The predicted molar refractivity (Wildman–Crippen MR) is 122 cm³/mol. The molecule has 0 fully saturated rings.